The molecule has 0 aliphatic carbocycles. The molecular formula is C15H29N5O. The average molecular weight is 295 g/mol. The van der Waals surface area contributed by atoms with Gasteiger partial charge in [-0.2, -0.15) is 0 Å². The van der Waals surface area contributed by atoms with Gasteiger partial charge in [0.15, 0.2) is 5.82 Å². The maximum atomic E-state index is 5.12. The first-order valence-corrected chi connectivity index (χ1v) is 7.80. The Balaban J connectivity index is 2.59. The number of nitrogens with zero attached hydrogens (tertiary/aromatic N) is 3. The second kappa shape index (κ2) is 10.3. The van der Waals surface area contributed by atoms with Crippen molar-refractivity contribution in [3.63, 3.8) is 0 Å². The summed E-state index contributed by atoms with van der Waals surface area (Å²) in [5.74, 6) is 2.38. The molecule has 1 aromatic rings. The summed E-state index contributed by atoms with van der Waals surface area (Å²) in [4.78, 5) is 11.3. The number of ether oxygens (including phenoxy) is 1. The van der Waals surface area contributed by atoms with Crippen molar-refractivity contribution < 1.29 is 4.74 Å². The fourth-order valence-electron chi connectivity index (χ4n) is 2.14. The highest BCUT2D eigenvalue weighted by Crippen LogP contribution is 2.11. The summed E-state index contributed by atoms with van der Waals surface area (Å²) >= 11 is 0. The van der Waals surface area contributed by atoms with Gasteiger partial charge in [-0.05, 0) is 26.4 Å². The Labute approximate surface area is 128 Å². The standard InChI is InChI=1S/C15H29N5O/c1-5-9-20(7-3)10-8-17-14-11-13(16-6-2)18-15(19-14)12-21-4/h11H,5-10,12H2,1-4H3,(H2,16,17,18,19). The minimum absolute atomic E-state index is 0.421. The lowest BCUT2D eigenvalue weighted by atomic mass is 10.4. The Morgan fingerprint density at radius 1 is 1.10 bits per heavy atom. The minimum atomic E-state index is 0.421. The smallest absolute Gasteiger partial charge is 0.158 e. The van der Waals surface area contributed by atoms with E-state index in [0.717, 1.165) is 44.4 Å². The number of aromatic nitrogens is 2. The van der Waals surface area contributed by atoms with E-state index in [2.05, 4.69) is 46.3 Å². The fraction of sp³-hybridized carbons (Fsp3) is 0.733. The van der Waals surface area contributed by atoms with Crippen LogP contribution in [-0.2, 0) is 11.3 Å². The van der Waals surface area contributed by atoms with Crippen LogP contribution in [0.15, 0.2) is 6.07 Å². The molecule has 120 valence electrons. The zero-order valence-electron chi connectivity index (χ0n) is 13.8. The zero-order chi connectivity index (χ0) is 15.5. The summed E-state index contributed by atoms with van der Waals surface area (Å²) in [5.41, 5.74) is 0. The van der Waals surface area contributed by atoms with Crippen LogP contribution in [0, 0.1) is 0 Å². The summed E-state index contributed by atoms with van der Waals surface area (Å²) in [7, 11) is 1.65. The van der Waals surface area contributed by atoms with E-state index in [-0.39, 0.29) is 0 Å². The topological polar surface area (TPSA) is 62.3 Å². The number of rotatable bonds is 11. The predicted octanol–water partition coefficient (Wildman–Crippen LogP) is 2.20. The Bertz CT molecular complexity index is 375. The first kappa shape index (κ1) is 17.7. The molecule has 0 aliphatic rings. The molecule has 2 N–H and O–H groups in total. The molecule has 0 aliphatic heterocycles. The van der Waals surface area contributed by atoms with Gasteiger partial charge in [-0.1, -0.05) is 13.8 Å². The molecule has 0 saturated carbocycles. The van der Waals surface area contributed by atoms with Crippen LogP contribution in [0.25, 0.3) is 0 Å². The summed E-state index contributed by atoms with van der Waals surface area (Å²) in [5, 5.41) is 6.60. The monoisotopic (exact) mass is 295 g/mol. The van der Waals surface area contributed by atoms with Gasteiger partial charge in [0.05, 0.1) is 0 Å². The van der Waals surface area contributed by atoms with Crippen molar-refractivity contribution in [3.8, 4) is 0 Å². The highest BCUT2D eigenvalue weighted by atomic mass is 16.5. The van der Waals surface area contributed by atoms with Crippen LogP contribution in [0.4, 0.5) is 11.6 Å². The van der Waals surface area contributed by atoms with Crippen LogP contribution < -0.4 is 10.6 Å². The van der Waals surface area contributed by atoms with E-state index in [4.69, 9.17) is 4.74 Å². The average Bonchev–Trinajstić information content (AvgIpc) is 2.47. The molecule has 0 bridgehead atoms. The quantitative estimate of drug-likeness (QED) is 0.652. The molecule has 6 heteroatoms. The van der Waals surface area contributed by atoms with Crippen LogP contribution in [0.1, 0.15) is 33.0 Å². The maximum absolute atomic E-state index is 5.12. The lowest BCUT2D eigenvalue weighted by Gasteiger charge is -2.19. The van der Waals surface area contributed by atoms with Crippen molar-refractivity contribution >= 4 is 11.6 Å². The first-order chi connectivity index (χ1) is 10.2. The summed E-state index contributed by atoms with van der Waals surface area (Å²) in [6, 6.07) is 1.94. The molecule has 6 nitrogen and oxygen atoms in total. The second-order valence-corrected chi connectivity index (χ2v) is 4.88. The number of methoxy groups -OCH3 is 1. The Morgan fingerprint density at radius 3 is 2.38 bits per heavy atom. The fourth-order valence-corrected chi connectivity index (χ4v) is 2.14. The summed E-state index contributed by atoms with van der Waals surface area (Å²) < 4.78 is 5.12. The van der Waals surface area contributed by atoms with Gasteiger partial charge in [0.25, 0.3) is 0 Å². The van der Waals surface area contributed by atoms with Gasteiger partial charge in [0.1, 0.15) is 18.2 Å². The molecule has 21 heavy (non-hydrogen) atoms. The van der Waals surface area contributed by atoms with Gasteiger partial charge in [-0.15, -0.1) is 0 Å². The van der Waals surface area contributed by atoms with Crippen molar-refractivity contribution in [1.82, 2.24) is 14.9 Å². The van der Waals surface area contributed by atoms with E-state index in [9.17, 15) is 0 Å². The molecule has 0 fully saturated rings. The molecule has 0 radical (unpaired) electrons. The van der Waals surface area contributed by atoms with Crippen LogP contribution in [-0.4, -0.2) is 54.7 Å². The van der Waals surface area contributed by atoms with E-state index < -0.39 is 0 Å². The second-order valence-electron chi connectivity index (χ2n) is 4.88. The van der Waals surface area contributed by atoms with E-state index in [1.807, 2.05) is 6.07 Å². The number of likely N-dealkylation sites (N-methyl/N-ethyl adjacent to an activating group) is 1. The van der Waals surface area contributed by atoms with Gasteiger partial charge in [-0.25, -0.2) is 9.97 Å². The highest BCUT2D eigenvalue weighted by Gasteiger charge is 2.05. The SMILES string of the molecule is CCCN(CC)CCNc1cc(NCC)nc(COC)n1. The van der Waals surface area contributed by atoms with E-state index in [0.29, 0.717) is 12.4 Å². The molecule has 0 unspecified atom stereocenters. The highest BCUT2D eigenvalue weighted by molar-refractivity contribution is 5.47. The van der Waals surface area contributed by atoms with Crippen LogP contribution >= 0.6 is 0 Å². The van der Waals surface area contributed by atoms with Gasteiger partial charge in [0.2, 0.25) is 0 Å². The lowest BCUT2D eigenvalue weighted by molar-refractivity contribution is 0.178. The van der Waals surface area contributed by atoms with Crippen molar-refractivity contribution in [2.24, 2.45) is 0 Å². The third kappa shape index (κ3) is 6.73. The van der Waals surface area contributed by atoms with E-state index in [1.54, 1.807) is 7.11 Å². The summed E-state index contributed by atoms with van der Waals surface area (Å²) in [6.45, 7) is 11.8. The molecule has 0 amide bonds. The third-order valence-corrected chi connectivity index (χ3v) is 3.12. The van der Waals surface area contributed by atoms with Crippen molar-refractivity contribution in [2.45, 2.75) is 33.8 Å². The van der Waals surface area contributed by atoms with Crippen LogP contribution in [0.5, 0.6) is 0 Å². The predicted molar refractivity (Wildman–Crippen MR) is 87.8 cm³/mol. The van der Waals surface area contributed by atoms with Gasteiger partial charge in [-0.3, -0.25) is 0 Å². The van der Waals surface area contributed by atoms with E-state index in [1.165, 1.54) is 6.42 Å². The molecule has 1 aromatic heterocycles. The molecule has 0 spiro atoms. The third-order valence-electron chi connectivity index (χ3n) is 3.12. The number of hydrogen-bond acceptors (Lipinski definition) is 6. The number of anilines is 2. The summed E-state index contributed by atoms with van der Waals surface area (Å²) in [6.07, 6.45) is 1.18. The Kier molecular flexibility index (Phi) is 8.69. The normalized spacial score (nSPS) is 10.9. The van der Waals surface area contributed by atoms with Gasteiger partial charge >= 0.3 is 0 Å². The molecule has 0 atom stereocenters. The number of hydrogen-bond donors (Lipinski definition) is 2. The largest absolute Gasteiger partial charge is 0.377 e. The maximum Gasteiger partial charge on any atom is 0.158 e. The van der Waals surface area contributed by atoms with Crippen LogP contribution in [0.3, 0.4) is 0 Å². The Hall–Kier alpha value is -1.40. The Morgan fingerprint density at radius 2 is 1.81 bits per heavy atom. The van der Waals surface area contributed by atoms with Crippen molar-refractivity contribution in [2.75, 3.05) is 50.5 Å². The molecule has 1 rings (SSSR count). The molecule has 0 aromatic carbocycles. The zero-order valence-corrected chi connectivity index (χ0v) is 13.8. The molecule has 1 heterocycles. The van der Waals surface area contributed by atoms with Gasteiger partial charge < -0.3 is 20.3 Å². The van der Waals surface area contributed by atoms with Crippen molar-refractivity contribution in [1.29, 1.82) is 0 Å². The molecular weight excluding hydrogens is 266 g/mol. The number of nitrogens with one attached hydrogen (secondary N) is 2. The first-order valence-electron chi connectivity index (χ1n) is 7.80. The van der Waals surface area contributed by atoms with Crippen LogP contribution in [0.2, 0.25) is 0 Å². The molecule has 0 saturated heterocycles. The van der Waals surface area contributed by atoms with Crippen molar-refractivity contribution in [3.05, 3.63) is 11.9 Å². The minimum Gasteiger partial charge on any atom is -0.377 e. The van der Waals surface area contributed by atoms with E-state index >= 15 is 0 Å². The van der Waals surface area contributed by atoms with Gasteiger partial charge in [0, 0.05) is 32.8 Å². The lowest BCUT2D eigenvalue weighted by Crippen LogP contribution is -2.29.